The Hall–Kier alpha value is -0.910. The van der Waals surface area contributed by atoms with Crippen molar-refractivity contribution in [3.8, 4) is 0 Å². The highest BCUT2D eigenvalue weighted by molar-refractivity contribution is 5.80. The summed E-state index contributed by atoms with van der Waals surface area (Å²) in [6, 6.07) is 0.634. The first-order valence-corrected chi connectivity index (χ1v) is 6.61. The summed E-state index contributed by atoms with van der Waals surface area (Å²) in [5, 5.41) is 11.9. The predicted molar refractivity (Wildman–Crippen MR) is 68.6 cm³/mol. The normalized spacial score (nSPS) is 29.3. The average Bonchev–Trinajstić information content (AvgIpc) is 2.75. The number of nitrogens with zero attached hydrogens (tertiary/aromatic N) is 1. The second kappa shape index (κ2) is 6.31. The van der Waals surface area contributed by atoms with Gasteiger partial charge in [0, 0.05) is 31.8 Å². The second-order valence-corrected chi connectivity index (χ2v) is 5.21. The van der Waals surface area contributed by atoms with Crippen LogP contribution in [0.5, 0.6) is 0 Å². The minimum absolute atomic E-state index is 0.233. The van der Waals surface area contributed by atoms with E-state index < -0.39 is 5.97 Å². The molecule has 2 fully saturated rings. The Morgan fingerprint density at radius 3 is 3.22 bits per heavy atom. The predicted octanol–water partition coefficient (Wildman–Crippen LogP) is 0.470. The third-order valence-electron chi connectivity index (χ3n) is 3.61. The first-order valence-electron chi connectivity index (χ1n) is 6.61. The summed E-state index contributed by atoms with van der Waals surface area (Å²) in [4.78, 5) is 13.0. The maximum atomic E-state index is 10.5. The lowest BCUT2D eigenvalue weighted by Gasteiger charge is -2.35. The third kappa shape index (κ3) is 3.80. The zero-order valence-corrected chi connectivity index (χ0v) is 10.9. The van der Waals surface area contributed by atoms with E-state index in [-0.39, 0.29) is 6.10 Å². The van der Waals surface area contributed by atoms with E-state index in [1.54, 1.807) is 0 Å². The molecule has 0 saturated carbocycles. The van der Waals surface area contributed by atoms with E-state index in [9.17, 15) is 4.79 Å². The monoisotopic (exact) mass is 254 g/mol. The van der Waals surface area contributed by atoms with Crippen LogP contribution in [0.1, 0.15) is 19.8 Å². The largest absolute Gasteiger partial charge is 0.478 e. The van der Waals surface area contributed by atoms with E-state index in [1.807, 2.05) is 6.92 Å². The lowest BCUT2D eigenvalue weighted by molar-refractivity contribution is -0.131. The molecule has 2 unspecified atom stereocenters. The van der Waals surface area contributed by atoms with Gasteiger partial charge in [-0.2, -0.15) is 0 Å². The number of morpholine rings is 1. The number of carboxylic acid groups (broad SMARTS) is 1. The van der Waals surface area contributed by atoms with E-state index in [2.05, 4.69) is 10.2 Å². The highest BCUT2D eigenvalue weighted by Crippen LogP contribution is 2.22. The summed E-state index contributed by atoms with van der Waals surface area (Å²) in [6.07, 6.45) is 4.03. The molecule has 2 heterocycles. The standard InChI is InChI=1S/C13H22N2O3/c1-10(5-13(16)17)6-14-7-12-8-15-4-2-3-11(15)9-18-12/h5,11-12,14H,2-4,6-9H2,1H3,(H,16,17). The Morgan fingerprint density at radius 2 is 2.44 bits per heavy atom. The van der Waals surface area contributed by atoms with Crippen LogP contribution in [0.25, 0.3) is 0 Å². The Balaban J connectivity index is 1.67. The van der Waals surface area contributed by atoms with Crippen LogP contribution in [0, 0.1) is 0 Å². The zero-order valence-electron chi connectivity index (χ0n) is 10.9. The minimum atomic E-state index is -0.886. The quantitative estimate of drug-likeness (QED) is 0.698. The van der Waals surface area contributed by atoms with Crippen LogP contribution in [-0.2, 0) is 9.53 Å². The molecule has 0 radical (unpaired) electrons. The summed E-state index contributed by atoms with van der Waals surface area (Å²) in [6.45, 7) is 6.25. The maximum Gasteiger partial charge on any atom is 0.328 e. The van der Waals surface area contributed by atoms with Gasteiger partial charge < -0.3 is 15.2 Å². The lowest BCUT2D eigenvalue weighted by Crippen LogP contribution is -2.49. The molecule has 0 bridgehead atoms. The molecule has 5 nitrogen and oxygen atoms in total. The zero-order chi connectivity index (χ0) is 13.0. The van der Waals surface area contributed by atoms with Crippen LogP contribution in [0.15, 0.2) is 11.6 Å². The lowest BCUT2D eigenvalue weighted by atomic mass is 10.2. The average molecular weight is 254 g/mol. The molecule has 0 amide bonds. The fourth-order valence-electron chi connectivity index (χ4n) is 2.70. The molecule has 18 heavy (non-hydrogen) atoms. The van der Waals surface area contributed by atoms with Gasteiger partial charge in [-0.3, -0.25) is 4.90 Å². The summed E-state index contributed by atoms with van der Waals surface area (Å²) in [7, 11) is 0. The number of carboxylic acids is 1. The highest BCUT2D eigenvalue weighted by atomic mass is 16.5. The van der Waals surface area contributed by atoms with Crippen LogP contribution in [-0.4, -0.2) is 60.9 Å². The van der Waals surface area contributed by atoms with Crippen LogP contribution in [0.3, 0.4) is 0 Å². The molecule has 2 aliphatic rings. The van der Waals surface area contributed by atoms with Gasteiger partial charge in [-0.1, -0.05) is 5.57 Å². The van der Waals surface area contributed by atoms with Gasteiger partial charge in [-0.15, -0.1) is 0 Å². The Morgan fingerprint density at radius 1 is 1.61 bits per heavy atom. The summed E-state index contributed by atoms with van der Waals surface area (Å²) < 4.78 is 5.81. The number of ether oxygens (including phenoxy) is 1. The first-order chi connectivity index (χ1) is 8.65. The molecule has 0 aromatic rings. The number of carbonyl (C=O) groups is 1. The molecule has 0 spiro atoms. The molecule has 0 aromatic heterocycles. The summed E-state index contributed by atoms with van der Waals surface area (Å²) >= 11 is 0. The van der Waals surface area contributed by atoms with E-state index in [0.717, 1.165) is 25.3 Å². The van der Waals surface area contributed by atoms with Crippen molar-refractivity contribution in [3.63, 3.8) is 0 Å². The maximum absolute atomic E-state index is 10.5. The topological polar surface area (TPSA) is 61.8 Å². The fourth-order valence-corrected chi connectivity index (χ4v) is 2.70. The van der Waals surface area contributed by atoms with E-state index in [4.69, 9.17) is 9.84 Å². The van der Waals surface area contributed by atoms with Gasteiger partial charge in [-0.25, -0.2) is 4.79 Å². The number of fused-ring (bicyclic) bond motifs is 1. The van der Waals surface area contributed by atoms with Crippen molar-refractivity contribution in [2.24, 2.45) is 0 Å². The van der Waals surface area contributed by atoms with Crippen LogP contribution < -0.4 is 5.32 Å². The number of rotatable bonds is 5. The van der Waals surface area contributed by atoms with E-state index >= 15 is 0 Å². The van der Waals surface area contributed by atoms with Gasteiger partial charge in [0.2, 0.25) is 0 Å². The van der Waals surface area contributed by atoms with Crippen LogP contribution in [0.4, 0.5) is 0 Å². The first kappa shape index (κ1) is 13.5. The van der Waals surface area contributed by atoms with Crippen molar-refractivity contribution in [1.29, 1.82) is 0 Å². The fraction of sp³-hybridized carbons (Fsp3) is 0.769. The number of hydrogen-bond acceptors (Lipinski definition) is 4. The SMILES string of the molecule is CC(=CC(=O)O)CNCC1CN2CCCC2CO1. The molecule has 5 heteroatoms. The van der Waals surface area contributed by atoms with Crippen molar-refractivity contribution in [3.05, 3.63) is 11.6 Å². The van der Waals surface area contributed by atoms with Crippen molar-refractivity contribution < 1.29 is 14.6 Å². The van der Waals surface area contributed by atoms with Crippen LogP contribution in [0.2, 0.25) is 0 Å². The Labute approximate surface area is 108 Å². The van der Waals surface area contributed by atoms with Crippen molar-refractivity contribution in [1.82, 2.24) is 10.2 Å². The Bertz CT molecular complexity index is 330. The van der Waals surface area contributed by atoms with Gasteiger partial charge in [-0.05, 0) is 26.3 Å². The highest BCUT2D eigenvalue weighted by Gasteiger charge is 2.31. The third-order valence-corrected chi connectivity index (χ3v) is 3.61. The smallest absolute Gasteiger partial charge is 0.328 e. The van der Waals surface area contributed by atoms with Gasteiger partial charge in [0.25, 0.3) is 0 Å². The second-order valence-electron chi connectivity index (χ2n) is 5.21. The van der Waals surface area contributed by atoms with E-state index in [0.29, 0.717) is 12.6 Å². The molecule has 2 rings (SSSR count). The number of nitrogens with one attached hydrogen (secondary N) is 1. The molecule has 2 N–H and O–H groups in total. The molecule has 0 aromatic carbocycles. The van der Waals surface area contributed by atoms with Gasteiger partial charge in [0.05, 0.1) is 12.7 Å². The van der Waals surface area contributed by atoms with E-state index in [1.165, 1.54) is 25.5 Å². The van der Waals surface area contributed by atoms with Crippen LogP contribution >= 0.6 is 0 Å². The molecule has 2 atom stereocenters. The van der Waals surface area contributed by atoms with Gasteiger partial charge >= 0.3 is 5.97 Å². The molecule has 2 aliphatic heterocycles. The van der Waals surface area contributed by atoms with Crippen molar-refractivity contribution >= 4 is 5.97 Å². The summed E-state index contributed by atoms with van der Waals surface area (Å²) in [5.41, 5.74) is 0.831. The molecule has 2 saturated heterocycles. The molecular formula is C13H22N2O3. The summed E-state index contributed by atoms with van der Waals surface area (Å²) in [5.74, 6) is -0.886. The minimum Gasteiger partial charge on any atom is -0.478 e. The molecule has 102 valence electrons. The number of hydrogen-bond donors (Lipinski definition) is 2. The Kier molecular flexibility index (Phi) is 4.74. The van der Waals surface area contributed by atoms with Gasteiger partial charge in [0.15, 0.2) is 0 Å². The van der Waals surface area contributed by atoms with Crippen molar-refractivity contribution in [2.75, 3.05) is 32.8 Å². The van der Waals surface area contributed by atoms with Gasteiger partial charge in [0.1, 0.15) is 0 Å². The van der Waals surface area contributed by atoms with Crippen molar-refractivity contribution in [2.45, 2.75) is 31.9 Å². The number of aliphatic carboxylic acids is 1. The molecular weight excluding hydrogens is 232 g/mol. The molecule has 0 aliphatic carbocycles.